The molecule has 228 valence electrons. The van der Waals surface area contributed by atoms with Crippen LogP contribution in [0.25, 0.3) is 33.5 Å². The highest BCUT2D eigenvalue weighted by Gasteiger charge is 2.21. The van der Waals surface area contributed by atoms with E-state index in [1.165, 1.54) is 0 Å². The Kier molecular flexibility index (Phi) is 8.84. The Labute approximate surface area is 257 Å². The Bertz CT molecular complexity index is 1910. The third-order valence-electron chi connectivity index (χ3n) is 7.16. The molecule has 13 nitrogen and oxygen atoms in total. The van der Waals surface area contributed by atoms with Crippen LogP contribution in [0.4, 0.5) is 0 Å². The SMILES string of the molecule is CCOc1nc2cccc(C(=O)OCc3ccccc3CON(O)O)c2n1Cc1ccc(-c2ccccc2-c2nn[nH]n2)cc1. The Hall–Kier alpha value is -5.47. The predicted octanol–water partition coefficient (Wildman–Crippen LogP) is 5.20. The molecule has 0 bridgehead atoms. The number of tetrazole rings is 1. The van der Waals surface area contributed by atoms with Gasteiger partial charge in [0.25, 0.3) is 6.01 Å². The van der Waals surface area contributed by atoms with Gasteiger partial charge in [-0.1, -0.05) is 78.9 Å². The van der Waals surface area contributed by atoms with E-state index >= 15 is 0 Å². The highest BCUT2D eigenvalue weighted by atomic mass is 17.1. The standard InChI is InChI=1S/C32H29N7O6/c1-2-43-32-33-28-13-7-12-27(31(40)44-19-23-8-3-4-9-24(23)20-45-39(41)42)29(28)38(32)18-21-14-16-22(17-15-21)25-10-5-6-11-26(25)30-34-36-37-35-30/h3-17,41-42H,2,18-20H2,1H3,(H,34,35,36,37). The van der Waals surface area contributed by atoms with Gasteiger partial charge >= 0.3 is 5.97 Å². The van der Waals surface area contributed by atoms with Gasteiger partial charge in [-0.15, -0.1) is 10.2 Å². The number of aromatic amines is 1. The van der Waals surface area contributed by atoms with Crippen LogP contribution < -0.4 is 4.74 Å². The molecular formula is C32H29N7O6. The van der Waals surface area contributed by atoms with Gasteiger partial charge in [0.05, 0.1) is 41.7 Å². The summed E-state index contributed by atoms with van der Waals surface area (Å²) >= 11 is 0. The van der Waals surface area contributed by atoms with Crippen molar-refractivity contribution in [1.82, 2.24) is 35.6 Å². The molecule has 6 aromatic rings. The number of carbonyl (C=O) groups excluding carboxylic acids is 1. The summed E-state index contributed by atoms with van der Waals surface area (Å²) in [5.74, 6) is -0.0287. The average molecular weight is 608 g/mol. The summed E-state index contributed by atoms with van der Waals surface area (Å²) in [6.45, 7) is 2.49. The van der Waals surface area contributed by atoms with E-state index in [1.807, 2.05) is 66.1 Å². The summed E-state index contributed by atoms with van der Waals surface area (Å²) in [6, 6.07) is 28.7. The first kappa shape index (κ1) is 29.6. The van der Waals surface area contributed by atoms with E-state index in [-0.39, 0.29) is 18.6 Å². The number of esters is 1. The van der Waals surface area contributed by atoms with Crippen LogP contribution in [0, 0.1) is 0 Å². The molecule has 6 rings (SSSR count). The largest absolute Gasteiger partial charge is 0.465 e. The number of fused-ring (bicyclic) bond motifs is 1. The molecule has 13 heteroatoms. The van der Waals surface area contributed by atoms with Crippen LogP contribution in [0.5, 0.6) is 6.01 Å². The van der Waals surface area contributed by atoms with Gasteiger partial charge in [0.1, 0.15) is 6.61 Å². The smallest absolute Gasteiger partial charge is 0.340 e. The summed E-state index contributed by atoms with van der Waals surface area (Å²) in [7, 11) is 0. The minimum atomic E-state index is -0.542. The normalized spacial score (nSPS) is 11.3. The summed E-state index contributed by atoms with van der Waals surface area (Å²) in [6.07, 6.45) is 0. The first-order chi connectivity index (χ1) is 22.0. The molecule has 0 saturated heterocycles. The predicted molar refractivity (Wildman–Crippen MR) is 161 cm³/mol. The van der Waals surface area contributed by atoms with Gasteiger partial charge in [-0.05, 0) is 52.1 Å². The number of rotatable bonds is 12. The third-order valence-corrected chi connectivity index (χ3v) is 7.16. The summed E-state index contributed by atoms with van der Waals surface area (Å²) in [5.41, 5.74) is 6.59. The van der Waals surface area contributed by atoms with Crippen LogP contribution in [0.3, 0.4) is 0 Å². The topological polar surface area (TPSA) is 161 Å². The van der Waals surface area contributed by atoms with Crippen molar-refractivity contribution < 1.29 is 29.5 Å². The van der Waals surface area contributed by atoms with Gasteiger partial charge in [0, 0.05) is 5.56 Å². The molecule has 0 fully saturated rings. The molecule has 0 amide bonds. The molecule has 45 heavy (non-hydrogen) atoms. The zero-order chi connectivity index (χ0) is 31.2. The van der Waals surface area contributed by atoms with Crippen molar-refractivity contribution in [3.8, 4) is 28.5 Å². The summed E-state index contributed by atoms with van der Waals surface area (Å²) in [5, 5.41) is 31.9. The number of carbonyl (C=O) groups is 1. The monoisotopic (exact) mass is 607 g/mol. The molecular weight excluding hydrogens is 578 g/mol. The van der Waals surface area contributed by atoms with Crippen LogP contribution in [-0.4, -0.2) is 58.6 Å². The first-order valence-corrected chi connectivity index (χ1v) is 14.1. The number of ether oxygens (including phenoxy) is 2. The van der Waals surface area contributed by atoms with Crippen LogP contribution in [0.15, 0.2) is 91.0 Å². The summed E-state index contributed by atoms with van der Waals surface area (Å²) in [4.78, 5) is 22.9. The number of para-hydroxylation sites is 1. The minimum Gasteiger partial charge on any atom is -0.465 e. The third kappa shape index (κ3) is 6.56. The second-order valence-corrected chi connectivity index (χ2v) is 9.94. The zero-order valence-corrected chi connectivity index (χ0v) is 24.2. The Morgan fingerprint density at radius 2 is 1.62 bits per heavy atom. The number of imidazole rings is 1. The second-order valence-electron chi connectivity index (χ2n) is 9.94. The Morgan fingerprint density at radius 3 is 2.33 bits per heavy atom. The number of nitrogens with zero attached hydrogens (tertiary/aromatic N) is 6. The van der Waals surface area contributed by atoms with Gasteiger partial charge in [-0.3, -0.25) is 15.0 Å². The molecule has 0 aliphatic heterocycles. The van der Waals surface area contributed by atoms with Crippen molar-refractivity contribution in [3.63, 3.8) is 0 Å². The molecule has 0 aliphatic rings. The molecule has 4 aromatic carbocycles. The summed E-state index contributed by atoms with van der Waals surface area (Å²) < 4.78 is 13.5. The molecule has 0 spiro atoms. The van der Waals surface area contributed by atoms with Gasteiger partial charge in [-0.2, -0.15) is 10.2 Å². The highest BCUT2D eigenvalue weighted by molar-refractivity contribution is 6.02. The number of aromatic nitrogens is 6. The fourth-order valence-corrected chi connectivity index (χ4v) is 5.08. The van der Waals surface area contributed by atoms with Crippen molar-refractivity contribution in [3.05, 3.63) is 113 Å². The van der Waals surface area contributed by atoms with Crippen molar-refractivity contribution in [2.75, 3.05) is 6.61 Å². The molecule has 0 radical (unpaired) electrons. The van der Waals surface area contributed by atoms with E-state index in [4.69, 9.17) is 24.7 Å². The molecule has 3 N–H and O–H groups in total. The van der Waals surface area contributed by atoms with E-state index in [1.54, 1.807) is 36.4 Å². The van der Waals surface area contributed by atoms with Crippen molar-refractivity contribution in [1.29, 1.82) is 0 Å². The molecule has 0 atom stereocenters. The lowest BCUT2D eigenvalue weighted by Gasteiger charge is -2.14. The highest BCUT2D eigenvalue weighted by Crippen LogP contribution is 2.31. The Morgan fingerprint density at radius 1 is 0.889 bits per heavy atom. The van der Waals surface area contributed by atoms with Gasteiger partial charge in [0.2, 0.25) is 5.82 Å². The minimum absolute atomic E-state index is 0.0507. The quantitative estimate of drug-likeness (QED) is 0.124. The molecule has 0 unspecified atom stereocenters. The molecule has 0 saturated carbocycles. The maximum Gasteiger partial charge on any atom is 0.340 e. The first-order valence-electron chi connectivity index (χ1n) is 14.1. The van der Waals surface area contributed by atoms with Gasteiger partial charge < -0.3 is 9.47 Å². The number of nitrogens with one attached hydrogen (secondary N) is 1. The maximum atomic E-state index is 13.5. The zero-order valence-electron chi connectivity index (χ0n) is 24.2. The number of hydrogen-bond donors (Lipinski definition) is 3. The van der Waals surface area contributed by atoms with E-state index in [2.05, 4.69) is 25.6 Å². The fourth-order valence-electron chi connectivity index (χ4n) is 5.08. The van der Waals surface area contributed by atoms with Crippen LogP contribution in [0.2, 0.25) is 0 Å². The Balaban J connectivity index is 1.28. The van der Waals surface area contributed by atoms with E-state index < -0.39 is 5.97 Å². The fraction of sp³-hybridized carbons (Fsp3) is 0.156. The van der Waals surface area contributed by atoms with Crippen LogP contribution in [0.1, 0.15) is 34.0 Å². The van der Waals surface area contributed by atoms with Gasteiger partial charge in [-0.25, -0.2) is 9.63 Å². The lowest BCUT2D eigenvalue weighted by molar-refractivity contribution is -0.497. The molecule has 2 aromatic heterocycles. The van der Waals surface area contributed by atoms with Crippen LogP contribution >= 0.6 is 0 Å². The number of benzene rings is 4. The lowest BCUT2D eigenvalue weighted by atomic mass is 9.98. The lowest BCUT2D eigenvalue weighted by Crippen LogP contribution is -2.15. The van der Waals surface area contributed by atoms with Gasteiger partial charge in [0.15, 0.2) is 0 Å². The van der Waals surface area contributed by atoms with E-state index in [0.717, 1.165) is 22.3 Å². The molecule has 0 aliphatic carbocycles. The number of hydrogen-bond acceptors (Lipinski definition) is 11. The average Bonchev–Trinajstić information content (AvgIpc) is 3.72. The van der Waals surface area contributed by atoms with Crippen molar-refractivity contribution in [2.45, 2.75) is 26.7 Å². The second kappa shape index (κ2) is 13.4. The van der Waals surface area contributed by atoms with Crippen molar-refractivity contribution in [2.24, 2.45) is 0 Å². The van der Waals surface area contributed by atoms with E-state index in [0.29, 0.717) is 52.7 Å². The molecule has 2 heterocycles. The number of H-pyrrole nitrogens is 1. The van der Waals surface area contributed by atoms with E-state index in [9.17, 15) is 4.79 Å². The van der Waals surface area contributed by atoms with Crippen LogP contribution in [-0.2, 0) is 29.3 Å². The van der Waals surface area contributed by atoms with Crippen molar-refractivity contribution >= 4 is 17.0 Å². The maximum absolute atomic E-state index is 13.5.